The number of carbonyl (C=O) groups is 2. The third-order valence-corrected chi connectivity index (χ3v) is 3.78. The normalized spacial score (nSPS) is 21.7. The van der Waals surface area contributed by atoms with Gasteiger partial charge in [0.05, 0.1) is 0 Å². The maximum Gasteiger partial charge on any atom is 0.235 e. The van der Waals surface area contributed by atoms with Gasteiger partial charge in [-0.3, -0.25) is 14.5 Å². The van der Waals surface area contributed by atoms with Gasteiger partial charge in [-0.05, 0) is 25.3 Å². The summed E-state index contributed by atoms with van der Waals surface area (Å²) in [6.07, 6.45) is 1.84. The van der Waals surface area contributed by atoms with Gasteiger partial charge in [-0.2, -0.15) is 0 Å². The second kappa shape index (κ2) is 5.16. The summed E-state index contributed by atoms with van der Waals surface area (Å²) in [6.45, 7) is 5.78. The van der Waals surface area contributed by atoms with E-state index in [-0.39, 0.29) is 17.9 Å². The minimum Gasteiger partial charge on any atom is -0.279 e. The lowest BCUT2D eigenvalue weighted by molar-refractivity contribution is -0.146. The van der Waals surface area contributed by atoms with Crippen LogP contribution in [0.3, 0.4) is 0 Å². The molecule has 0 radical (unpaired) electrons. The molecule has 2 rings (SSSR count). The fourth-order valence-electron chi connectivity index (χ4n) is 2.82. The van der Waals surface area contributed by atoms with Crippen LogP contribution in [0.25, 0.3) is 0 Å². The fourth-order valence-corrected chi connectivity index (χ4v) is 2.82. The topological polar surface area (TPSA) is 37.4 Å². The van der Waals surface area contributed by atoms with Gasteiger partial charge in [-0.25, -0.2) is 0 Å². The van der Waals surface area contributed by atoms with Crippen molar-refractivity contribution in [1.29, 1.82) is 0 Å². The van der Waals surface area contributed by atoms with Crippen molar-refractivity contribution in [3.8, 4) is 0 Å². The molecular formula is C16H21NO2. The van der Waals surface area contributed by atoms with Gasteiger partial charge in [0.25, 0.3) is 0 Å². The molecule has 0 bridgehead atoms. The molecule has 1 saturated heterocycles. The molecule has 1 fully saturated rings. The van der Waals surface area contributed by atoms with Gasteiger partial charge in [0.2, 0.25) is 11.8 Å². The largest absolute Gasteiger partial charge is 0.279 e. The molecule has 3 heteroatoms. The molecule has 0 aromatic heterocycles. The van der Waals surface area contributed by atoms with Gasteiger partial charge in [0, 0.05) is 17.9 Å². The number of hydrogen-bond acceptors (Lipinski definition) is 2. The van der Waals surface area contributed by atoms with E-state index in [1.54, 1.807) is 0 Å². The van der Waals surface area contributed by atoms with Gasteiger partial charge >= 0.3 is 0 Å². The lowest BCUT2D eigenvalue weighted by Gasteiger charge is -2.20. The van der Waals surface area contributed by atoms with Gasteiger partial charge in [0.1, 0.15) is 0 Å². The smallest absolute Gasteiger partial charge is 0.235 e. The molecule has 1 aliphatic heterocycles. The van der Waals surface area contributed by atoms with Crippen LogP contribution >= 0.6 is 0 Å². The molecule has 0 unspecified atom stereocenters. The highest BCUT2D eigenvalue weighted by atomic mass is 16.2. The summed E-state index contributed by atoms with van der Waals surface area (Å²) in [4.78, 5) is 25.9. The van der Waals surface area contributed by atoms with Gasteiger partial charge in [-0.15, -0.1) is 0 Å². The van der Waals surface area contributed by atoms with E-state index in [0.717, 1.165) is 12.0 Å². The maximum atomic E-state index is 12.2. The van der Waals surface area contributed by atoms with Crippen LogP contribution in [-0.4, -0.2) is 22.8 Å². The number of benzene rings is 1. The molecule has 0 aliphatic carbocycles. The fraction of sp³-hybridized carbons (Fsp3) is 0.500. The number of hydrogen-bond donors (Lipinski definition) is 0. The Morgan fingerprint density at radius 2 is 1.95 bits per heavy atom. The summed E-state index contributed by atoms with van der Waals surface area (Å²) in [5.74, 6) is -0.0787. The van der Waals surface area contributed by atoms with Crippen LogP contribution in [-0.2, 0) is 16.0 Å². The van der Waals surface area contributed by atoms with Crippen LogP contribution in [0.5, 0.6) is 0 Å². The molecule has 1 heterocycles. The average molecular weight is 259 g/mol. The predicted molar refractivity (Wildman–Crippen MR) is 74.5 cm³/mol. The average Bonchev–Trinajstić information content (AvgIpc) is 2.57. The number of amides is 2. The molecule has 3 nitrogen and oxygen atoms in total. The summed E-state index contributed by atoms with van der Waals surface area (Å²) >= 11 is 0. The van der Waals surface area contributed by atoms with E-state index >= 15 is 0 Å². The van der Waals surface area contributed by atoms with Crippen molar-refractivity contribution in [1.82, 2.24) is 4.90 Å². The second-order valence-corrected chi connectivity index (χ2v) is 5.99. The highest BCUT2D eigenvalue weighted by Gasteiger charge is 2.45. The first kappa shape index (κ1) is 13.8. The molecule has 1 aromatic carbocycles. The highest BCUT2D eigenvalue weighted by Crippen LogP contribution is 2.35. The lowest BCUT2D eigenvalue weighted by atomic mass is 9.90. The second-order valence-electron chi connectivity index (χ2n) is 5.99. The zero-order valence-corrected chi connectivity index (χ0v) is 11.8. The van der Waals surface area contributed by atoms with E-state index in [4.69, 9.17) is 0 Å². The Hall–Kier alpha value is -1.64. The molecular weight excluding hydrogens is 238 g/mol. The Balaban J connectivity index is 1.99. The summed E-state index contributed by atoms with van der Waals surface area (Å²) in [7, 11) is 0. The Labute approximate surface area is 114 Å². The first-order valence-corrected chi connectivity index (χ1v) is 6.82. The summed E-state index contributed by atoms with van der Waals surface area (Å²) < 4.78 is 0. The van der Waals surface area contributed by atoms with E-state index in [1.807, 2.05) is 51.1 Å². The van der Waals surface area contributed by atoms with E-state index < -0.39 is 5.41 Å². The van der Waals surface area contributed by atoms with Crippen molar-refractivity contribution in [2.24, 2.45) is 5.41 Å². The highest BCUT2D eigenvalue weighted by molar-refractivity contribution is 6.00. The first-order chi connectivity index (χ1) is 8.92. The molecule has 19 heavy (non-hydrogen) atoms. The van der Waals surface area contributed by atoms with Crippen molar-refractivity contribution >= 4 is 11.8 Å². The van der Waals surface area contributed by atoms with E-state index in [2.05, 4.69) is 0 Å². The van der Waals surface area contributed by atoms with Crippen LogP contribution in [0.15, 0.2) is 30.3 Å². The minimum atomic E-state index is -0.401. The summed E-state index contributed by atoms with van der Waals surface area (Å²) in [5.41, 5.74) is 0.733. The SMILES string of the molecule is C[C@@H]1CC(C)(C)C(=O)N1C(=O)CCc1ccccc1. The number of carbonyl (C=O) groups excluding carboxylic acids is 2. The van der Waals surface area contributed by atoms with E-state index in [0.29, 0.717) is 12.8 Å². The standard InChI is InChI=1S/C16H21NO2/c1-12-11-16(2,3)15(19)17(12)14(18)10-9-13-7-5-4-6-8-13/h4-8,12H,9-11H2,1-3H3/t12-/m1/s1. The van der Waals surface area contributed by atoms with Crippen LogP contribution < -0.4 is 0 Å². The molecule has 102 valence electrons. The third-order valence-electron chi connectivity index (χ3n) is 3.78. The third kappa shape index (κ3) is 2.86. The quantitative estimate of drug-likeness (QED) is 0.837. The van der Waals surface area contributed by atoms with Crippen molar-refractivity contribution < 1.29 is 9.59 Å². The zero-order valence-electron chi connectivity index (χ0n) is 11.8. The van der Waals surface area contributed by atoms with Crippen LogP contribution in [0, 0.1) is 5.41 Å². The molecule has 0 spiro atoms. The molecule has 2 amide bonds. The number of nitrogens with zero attached hydrogens (tertiary/aromatic N) is 1. The Morgan fingerprint density at radius 3 is 2.47 bits per heavy atom. The van der Waals surface area contributed by atoms with Crippen molar-refractivity contribution in [3.63, 3.8) is 0 Å². The molecule has 0 saturated carbocycles. The molecule has 1 atom stereocenters. The Morgan fingerprint density at radius 1 is 1.32 bits per heavy atom. The number of imide groups is 1. The van der Waals surface area contributed by atoms with E-state index in [9.17, 15) is 9.59 Å². The van der Waals surface area contributed by atoms with Crippen molar-refractivity contribution in [3.05, 3.63) is 35.9 Å². The van der Waals surface area contributed by atoms with Gasteiger partial charge in [-0.1, -0.05) is 44.2 Å². The van der Waals surface area contributed by atoms with Crippen LogP contribution in [0.1, 0.15) is 39.2 Å². The van der Waals surface area contributed by atoms with E-state index in [1.165, 1.54) is 4.90 Å². The maximum absolute atomic E-state index is 12.2. The predicted octanol–water partition coefficient (Wildman–Crippen LogP) is 2.79. The molecule has 1 aliphatic rings. The van der Waals surface area contributed by atoms with Gasteiger partial charge in [0.15, 0.2) is 0 Å². The summed E-state index contributed by atoms with van der Waals surface area (Å²) in [5, 5.41) is 0. The molecule has 1 aromatic rings. The number of rotatable bonds is 3. The van der Waals surface area contributed by atoms with Crippen molar-refractivity contribution in [2.75, 3.05) is 0 Å². The monoisotopic (exact) mass is 259 g/mol. The number of likely N-dealkylation sites (tertiary alicyclic amines) is 1. The van der Waals surface area contributed by atoms with Crippen LogP contribution in [0.4, 0.5) is 0 Å². The van der Waals surface area contributed by atoms with Crippen molar-refractivity contribution in [2.45, 2.75) is 46.1 Å². The molecule has 0 N–H and O–H groups in total. The number of aryl methyl sites for hydroxylation is 1. The summed E-state index contributed by atoms with van der Waals surface area (Å²) in [6, 6.07) is 9.92. The minimum absolute atomic E-state index is 0.0192. The lowest BCUT2D eigenvalue weighted by Crippen LogP contribution is -2.39. The Kier molecular flexibility index (Phi) is 3.74. The first-order valence-electron chi connectivity index (χ1n) is 6.82. The van der Waals surface area contributed by atoms with Gasteiger partial charge < -0.3 is 0 Å². The van der Waals surface area contributed by atoms with Crippen LogP contribution in [0.2, 0.25) is 0 Å². The zero-order chi connectivity index (χ0) is 14.0. The Bertz CT molecular complexity index is 479.